The van der Waals surface area contributed by atoms with Gasteiger partial charge in [-0.25, -0.2) is 0 Å². The summed E-state index contributed by atoms with van der Waals surface area (Å²) in [6, 6.07) is 8.50. The molecule has 2 aromatic heterocycles. The molecule has 0 bridgehead atoms. The maximum atomic E-state index is 12.0. The molecule has 7 nitrogen and oxygen atoms in total. The van der Waals surface area contributed by atoms with E-state index >= 15 is 0 Å². The lowest BCUT2D eigenvalue weighted by atomic mass is 10.1. The van der Waals surface area contributed by atoms with Crippen LogP contribution in [-0.4, -0.2) is 31.0 Å². The smallest absolute Gasteiger partial charge is 0.299 e. The molecule has 2 atom stereocenters. The fourth-order valence-corrected chi connectivity index (χ4v) is 2.85. The molecular weight excluding hydrogens is 298 g/mol. The summed E-state index contributed by atoms with van der Waals surface area (Å²) < 4.78 is 5.46. The zero-order valence-corrected chi connectivity index (χ0v) is 11.9. The third kappa shape index (κ3) is 2.18. The highest BCUT2D eigenvalue weighted by atomic mass is 16.6. The van der Waals surface area contributed by atoms with Gasteiger partial charge in [-0.2, -0.15) is 4.98 Å². The second-order valence-corrected chi connectivity index (χ2v) is 5.49. The average molecular weight is 311 g/mol. The molecule has 2 unspecified atom stereocenters. The molecule has 2 heterocycles. The fourth-order valence-electron chi connectivity index (χ4n) is 2.85. The first-order chi connectivity index (χ1) is 11.1. The van der Waals surface area contributed by atoms with E-state index in [0.29, 0.717) is 16.5 Å². The van der Waals surface area contributed by atoms with Gasteiger partial charge in [-0.15, -0.1) is 0 Å². The van der Waals surface area contributed by atoms with Crippen LogP contribution >= 0.6 is 0 Å². The van der Waals surface area contributed by atoms with Crippen LogP contribution in [0, 0.1) is 0 Å². The van der Waals surface area contributed by atoms with Crippen LogP contribution in [0.2, 0.25) is 0 Å². The lowest BCUT2D eigenvalue weighted by Crippen LogP contribution is -2.41. The van der Waals surface area contributed by atoms with E-state index < -0.39 is 17.5 Å². The van der Waals surface area contributed by atoms with E-state index in [9.17, 15) is 15.0 Å². The quantitative estimate of drug-likeness (QED) is 0.600. The second kappa shape index (κ2) is 4.87. The first kappa shape index (κ1) is 13.9. The minimum Gasteiger partial charge on any atom is -0.429 e. The molecule has 0 fully saturated rings. The number of aromatic nitrogens is 3. The van der Waals surface area contributed by atoms with Crippen LogP contribution in [-0.2, 0) is 6.42 Å². The van der Waals surface area contributed by atoms with Gasteiger partial charge in [-0.05, 0) is 17.2 Å². The van der Waals surface area contributed by atoms with E-state index in [1.165, 1.54) is 12.4 Å². The zero-order chi connectivity index (χ0) is 16.0. The summed E-state index contributed by atoms with van der Waals surface area (Å²) in [5.74, 6) is -1.88. The Morgan fingerprint density at radius 2 is 2.13 bits per heavy atom. The molecule has 116 valence electrons. The highest BCUT2D eigenvalue weighted by Gasteiger charge is 2.47. The van der Waals surface area contributed by atoms with E-state index in [0.717, 1.165) is 5.56 Å². The van der Waals surface area contributed by atoms with Crippen molar-refractivity contribution >= 4 is 10.9 Å². The van der Waals surface area contributed by atoms with Gasteiger partial charge in [0.2, 0.25) is 5.79 Å². The average Bonchev–Trinajstić information content (AvgIpc) is 2.79. The van der Waals surface area contributed by atoms with Gasteiger partial charge in [0.15, 0.2) is 0 Å². The lowest BCUT2D eigenvalue weighted by molar-refractivity contribution is -0.201. The Kier molecular flexibility index (Phi) is 2.93. The number of aliphatic hydroxyl groups is 2. The zero-order valence-electron chi connectivity index (χ0n) is 11.9. The highest BCUT2D eigenvalue weighted by molar-refractivity contribution is 5.76. The largest absolute Gasteiger partial charge is 0.429 e. The fraction of sp³-hybridized carbons (Fsp3) is 0.188. The molecule has 0 aliphatic heterocycles. The highest BCUT2D eigenvalue weighted by Crippen LogP contribution is 2.39. The number of nitrogens with zero attached hydrogens (tertiary/aromatic N) is 2. The molecule has 0 spiro atoms. The van der Waals surface area contributed by atoms with Gasteiger partial charge in [-0.3, -0.25) is 14.8 Å². The molecule has 0 amide bonds. The van der Waals surface area contributed by atoms with E-state index in [-0.39, 0.29) is 12.4 Å². The van der Waals surface area contributed by atoms with Gasteiger partial charge in [-0.1, -0.05) is 24.3 Å². The summed E-state index contributed by atoms with van der Waals surface area (Å²) in [4.78, 5) is 22.5. The number of rotatable bonds is 2. The van der Waals surface area contributed by atoms with E-state index in [1.807, 2.05) is 6.07 Å². The van der Waals surface area contributed by atoms with Gasteiger partial charge in [0.25, 0.3) is 11.6 Å². The first-order valence-electron chi connectivity index (χ1n) is 7.08. The maximum absolute atomic E-state index is 12.0. The summed E-state index contributed by atoms with van der Waals surface area (Å²) >= 11 is 0. The number of hydrogen-bond acceptors (Lipinski definition) is 6. The van der Waals surface area contributed by atoms with Crippen LogP contribution in [0.3, 0.4) is 0 Å². The van der Waals surface area contributed by atoms with Crippen LogP contribution in [0.4, 0.5) is 0 Å². The number of benzene rings is 1. The van der Waals surface area contributed by atoms with Crippen molar-refractivity contribution in [3.05, 3.63) is 64.2 Å². The van der Waals surface area contributed by atoms with Crippen molar-refractivity contribution < 1.29 is 14.9 Å². The van der Waals surface area contributed by atoms with Crippen molar-refractivity contribution in [1.29, 1.82) is 0 Å². The molecule has 0 saturated heterocycles. The molecule has 0 saturated carbocycles. The summed E-state index contributed by atoms with van der Waals surface area (Å²) in [6.45, 7) is 0. The Balaban J connectivity index is 1.73. The second-order valence-electron chi connectivity index (χ2n) is 5.49. The Hall–Kier alpha value is -2.77. The number of aliphatic hydroxyl groups excluding tert-OH is 1. The number of H-pyrrole nitrogens is 1. The standard InChI is InChI=1S/C16H13N3O4/c20-13-10-4-2-1-3-9(10)7-16(13,22)23-15-18-12-8-17-6-5-11(12)14(21)19-15/h1-6,8,13,20,22H,7H2,(H,18,19,21). The maximum Gasteiger partial charge on any atom is 0.299 e. The van der Waals surface area contributed by atoms with Crippen molar-refractivity contribution in [2.45, 2.75) is 18.3 Å². The van der Waals surface area contributed by atoms with E-state index in [1.54, 1.807) is 24.3 Å². The monoisotopic (exact) mass is 311 g/mol. The summed E-state index contributed by atoms with van der Waals surface area (Å²) in [6.07, 6.45) is 1.79. The van der Waals surface area contributed by atoms with Gasteiger partial charge in [0.05, 0.1) is 17.1 Å². The third-order valence-corrected chi connectivity index (χ3v) is 3.98. The number of hydrogen-bond donors (Lipinski definition) is 3. The third-order valence-electron chi connectivity index (χ3n) is 3.98. The van der Waals surface area contributed by atoms with Crippen LogP contribution in [0.5, 0.6) is 6.01 Å². The number of pyridine rings is 1. The molecule has 3 N–H and O–H groups in total. The Morgan fingerprint density at radius 3 is 2.96 bits per heavy atom. The molecule has 0 radical (unpaired) electrons. The number of ether oxygens (including phenoxy) is 1. The first-order valence-corrected chi connectivity index (χ1v) is 7.08. The van der Waals surface area contributed by atoms with Gasteiger partial charge in [0, 0.05) is 12.6 Å². The number of nitrogens with one attached hydrogen (secondary N) is 1. The van der Waals surface area contributed by atoms with Gasteiger partial charge in [0.1, 0.15) is 6.10 Å². The normalized spacial score (nSPS) is 23.0. The number of fused-ring (bicyclic) bond motifs is 2. The van der Waals surface area contributed by atoms with Crippen LogP contribution in [0.25, 0.3) is 10.9 Å². The SMILES string of the molecule is O=c1[nH]c(OC2(O)Cc3ccccc3C2O)nc2cnccc12. The van der Waals surface area contributed by atoms with Crippen molar-refractivity contribution in [2.24, 2.45) is 0 Å². The van der Waals surface area contributed by atoms with Crippen LogP contribution < -0.4 is 10.3 Å². The summed E-state index contributed by atoms with van der Waals surface area (Å²) in [5.41, 5.74) is 1.33. The minimum absolute atomic E-state index is 0.0964. The molecular formula is C16H13N3O4. The van der Waals surface area contributed by atoms with Crippen molar-refractivity contribution in [3.63, 3.8) is 0 Å². The Bertz CT molecular complexity index is 955. The van der Waals surface area contributed by atoms with Crippen molar-refractivity contribution in [1.82, 2.24) is 15.0 Å². The summed E-state index contributed by atoms with van der Waals surface area (Å²) in [5, 5.41) is 21.4. The predicted molar refractivity (Wildman–Crippen MR) is 80.8 cm³/mol. The Labute approximate surface area is 130 Å². The van der Waals surface area contributed by atoms with Crippen LogP contribution in [0.15, 0.2) is 47.5 Å². The Morgan fingerprint density at radius 1 is 1.30 bits per heavy atom. The minimum atomic E-state index is -1.88. The molecule has 3 aromatic rings. The van der Waals surface area contributed by atoms with E-state index in [2.05, 4.69) is 15.0 Å². The number of aromatic amines is 1. The van der Waals surface area contributed by atoms with Crippen LogP contribution in [0.1, 0.15) is 17.2 Å². The topological polar surface area (TPSA) is 108 Å². The lowest BCUT2D eigenvalue weighted by Gasteiger charge is -2.26. The molecule has 1 aliphatic carbocycles. The van der Waals surface area contributed by atoms with Crippen molar-refractivity contribution in [2.75, 3.05) is 0 Å². The molecule has 7 heteroatoms. The van der Waals surface area contributed by atoms with Crippen molar-refractivity contribution in [3.8, 4) is 6.01 Å². The predicted octanol–water partition coefficient (Wildman–Crippen LogP) is 0.675. The molecule has 1 aromatic carbocycles. The molecule has 4 rings (SSSR count). The van der Waals surface area contributed by atoms with Gasteiger partial charge < -0.3 is 14.9 Å². The van der Waals surface area contributed by atoms with E-state index in [4.69, 9.17) is 4.74 Å². The summed E-state index contributed by atoms with van der Waals surface area (Å²) in [7, 11) is 0. The molecule has 23 heavy (non-hydrogen) atoms. The van der Waals surface area contributed by atoms with Gasteiger partial charge >= 0.3 is 0 Å². The molecule has 1 aliphatic rings.